The van der Waals surface area contributed by atoms with Crippen molar-refractivity contribution in [2.45, 2.75) is 0 Å². The van der Waals surface area contributed by atoms with E-state index in [1.807, 2.05) is 24.1 Å². The quantitative estimate of drug-likeness (QED) is 0.918. The van der Waals surface area contributed by atoms with Crippen LogP contribution in [0.5, 0.6) is 5.75 Å². The highest BCUT2D eigenvalue weighted by molar-refractivity contribution is 9.10. The van der Waals surface area contributed by atoms with Gasteiger partial charge in [-0.05, 0) is 46.3 Å². The zero-order valence-corrected chi connectivity index (χ0v) is 11.3. The van der Waals surface area contributed by atoms with E-state index in [1.54, 1.807) is 30.3 Å². The van der Waals surface area contributed by atoms with Crippen LogP contribution < -0.4 is 4.90 Å². The Kier molecular flexibility index (Phi) is 3.54. The molecule has 0 amide bonds. The summed E-state index contributed by atoms with van der Waals surface area (Å²) in [6.07, 6.45) is 0. The van der Waals surface area contributed by atoms with Gasteiger partial charge in [0.1, 0.15) is 5.75 Å². The van der Waals surface area contributed by atoms with E-state index in [-0.39, 0.29) is 5.75 Å². The standard InChI is InChI=1S/C14H11BrN2O/c1-17(11-3-2-4-12(18)8-11)14-6-5-10(9-16)7-13(14)15/h2-8,18H,1H3. The monoisotopic (exact) mass is 302 g/mol. The van der Waals surface area contributed by atoms with E-state index >= 15 is 0 Å². The molecule has 0 aliphatic carbocycles. The first kappa shape index (κ1) is 12.5. The summed E-state index contributed by atoms with van der Waals surface area (Å²) in [5.74, 6) is 0.226. The van der Waals surface area contributed by atoms with Crippen LogP contribution in [0.1, 0.15) is 5.56 Å². The molecule has 0 atom stereocenters. The summed E-state index contributed by atoms with van der Waals surface area (Å²) in [5, 5.41) is 18.3. The van der Waals surface area contributed by atoms with Crippen LogP contribution in [-0.4, -0.2) is 12.2 Å². The maximum absolute atomic E-state index is 9.48. The SMILES string of the molecule is CN(c1cccc(O)c1)c1ccc(C#N)cc1Br. The van der Waals surface area contributed by atoms with Crippen molar-refractivity contribution in [1.29, 1.82) is 5.26 Å². The highest BCUT2D eigenvalue weighted by atomic mass is 79.9. The van der Waals surface area contributed by atoms with E-state index in [1.165, 1.54) is 0 Å². The molecule has 0 bridgehead atoms. The number of rotatable bonds is 2. The number of anilines is 2. The molecule has 2 aromatic carbocycles. The number of hydrogen-bond acceptors (Lipinski definition) is 3. The zero-order valence-electron chi connectivity index (χ0n) is 9.76. The van der Waals surface area contributed by atoms with Crippen molar-refractivity contribution in [3.05, 3.63) is 52.5 Å². The molecule has 0 fully saturated rings. The highest BCUT2D eigenvalue weighted by Crippen LogP contribution is 2.32. The lowest BCUT2D eigenvalue weighted by Crippen LogP contribution is -2.09. The Morgan fingerprint density at radius 3 is 2.61 bits per heavy atom. The van der Waals surface area contributed by atoms with Gasteiger partial charge < -0.3 is 10.0 Å². The predicted octanol–water partition coefficient (Wildman–Crippen LogP) is 3.79. The molecule has 0 aliphatic heterocycles. The minimum atomic E-state index is 0.226. The summed E-state index contributed by atoms with van der Waals surface area (Å²) in [6.45, 7) is 0. The van der Waals surface area contributed by atoms with Gasteiger partial charge >= 0.3 is 0 Å². The molecule has 0 heterocycles. The average Bonchev–Trinajstić information content (AvgIpc) is 2.37. The lowest BCUT2D eigenvalue weighted by Gasteiger charge is -2.21. The van der Waals surface area contributed by atoms with E-state index < -0.39 is 0 Å². The van der Waals surface area contributed by atoms with Gasteiger partial charge in [-0.15, -0.1) is 0 Å². The van der Waals surface area contributed by atoms with Gasteiger partial charge in [0.05, 0.1) is 17.3 Å². The molecule has 1 N–H and O–H groups in total. The summed E-state index contributed by atoms with van der Waals surface area (Å²) in [4.78, 5) is 1.94. The maximum atomic E-state index is 9.48. The number of nitriles is 1. The Bertz CT molecular complexity index is 619. The molecule has 0 saturated heterocycles. The summed E-state index contributed by atoms with van der Waals surface area (Å²) >= 11 is 3.45. The predicted molar refractivity (Wildman–Crippen MR) is 75.0 cm³/mol. The van der Waals surface area contributed by atoms with Crippen LogP contribution >= 0.6 is 15.9 Å². The van der Waals surface area contributed by atoms with Crippen LogP contribution in [0.4, 0.5) is 11.4 Å². The number of halogens is 1. The van der Waals surface area contributed by atoms with E-state index in [9.17, 15) is 5.11 Å². The summed E-state index contributed by atoms with van der Waals surface area (Å²) in [5.41, 5.74) is 2.41. The van der Waals surface area contributed by atoms with Crippen LogP contribution in [0, 0.1) is 11.3 Å². The summed E-state index contributed by atoms with van der Waals surface area (Å²) in [6, 6.07) is 14.5. The van der Waals surface area contributed by atoms with E-state index in [4.69, 9.17) is 5.26 Å². The molecule has 18 heavy (non-hydrogen) atoms. The Morgan fingerprint density at radius 2 is 2.00 bits per heavy atom. The molecule has 0 saturated carbocycles. The fourth-order valence-electron chi connectivity index (χ4n) is 1.69. The third kappa shape index (κ3) is 2.47. The molecule has 2 rings (SSSR count). The molecule has 0 unspecified atom stereocenters. The van der Waals surface area contributed by atoms with Crippen LogP contribution in [0.15, 0.2) is 46.9 Å². The second-order valence-corrected chi connectivity index (χ2v) is 4.71. The number of benzene rings is 2. The average molecular weight is 303 g/mol. The molecule has 3 nitrogen and oxygen atoms in total. The van der Waals surface area contributed by atoms with Crippen LogP contribution in [0.25, 0.3) is 0 Å². The Hall–Kier alpha value is -1.99. The first-order valence-electron chi connectivity index (χ1n) is 5.34. The molecule has 0 radical (unpaired) electrons. The Balaban J connectivity index is 2.40. The lowest BCUT2D eigenvalue weighted by atomic mass is 10.2. The van der Waals surface area contributed by atoms with Gasteiger partial charge in [0, 0.05) is 23.3 Å². The van der Waals surface area contributed by atoms with Gasteiger partial charge in [0.15, 0.2) is 0 Å². The van der Waals surface area contributed by atoms with Crippen LogP contribution in [0.2, 0.25) is 0 Å². The van der Waals surface area contributed by atoms with Crippen molar-refractivity contribution >= 4 is 27.3 Å². The minimum Gasteiger partial charge on any atom is -0.508 e. The number of nitrogens with zero attached hydrogens (tertiary/aromatic N) is 2. The molecule has 2 aromatic rings. The number of aromatic hydroxyl groups is 1. The fourth-order valence-corrected chi connectivity index (χ4v) is 2.33. The normalized spacial score (nSPS) is 9.83. The third-order valence-electron chi connectivity index (χ3n) is 2.66. The largest absolute Gasteiger partial charge is 0.508 e. The topological polar surface area (TPSA) is 47.3 Å². The molecule has 0 aliphatic rings. The van der Waals surface area contributed by atoms with Gasteiger partial charge in [-0.3, -0.25) is 0 Å². The van der Waals surface area contributed by atoms with Gasteiger partial charge in [0.2, 0.25) is 0 Å². The van der Waals surface area contributed by atoms with E-state index in [0.29, 0.717) is 5.56 Å². The molecule has 4 heteroatoms. The molecule has 0 spiro atoms. The van der Waals surface area contributed by atoms with Gasteiger partial charge in [-0.2, -0.15) is 5.26 Å². The van der Waals surface area contributed by atoms with Crippen molar-refractivity contribution in [1.82, 2.24) is 0 Å². The van der Waals surface area contributed by atoms with Crippen molar-refractivity contribution < 1.29 is 5.11 Å². The summed E-state index contributed by atoms with van der Waals surface area (Å²) < 4.78 is 0.840. The number of phenolic OH excluding ortho intramolecular Hbond substituents is 1. The highest BCUT2D eigenvalue weighted by Gasteiger charge is 2.09. The third-order valence-corrected chi connectivity index (χ3v) is 3.29. The second-order valence-electron chi connectivity index (χ2n) is 3.86. The number of phenols is 1. The molecular weight excluding hydrogens is 292 g/mol. The lowest BCUT2D eigenvalue weighted by molar-refractivity contribution is 0.475. The number of hydrogen-bond donors (Lipinski definition) is 1. The first-order chi connectivity index (χ1) is 8.61. The van der Waals surface area contributed by atoms with Crippen molar-refractivity contribution in [2.75, 3.05) is 11.9 Å². The Morgan fingerprint density at radius 1 is 1.22 bits per heavy atom. The molecule has 90 valence electrons. The van der Waals surface area contributed by atoms with Crippen molar-refractivity contribution in [3.8, 4) is 11.8 Å². The first-order valence-corrected chi connectivity index (χ1v) is 6.13. The van der Waals surface area contributed by atoms with Crippen molar-refractivity contribution in [2.24, 2.45) is 0 Å². The van der Waals surface area contributed by atoms with Crippen LogP contribution in [-0.2, 0) is 0 Å². The van der Waals surface area contributed by atoms with Gasteiger partial charge in [0.25, 0.3) is 0 Å². The smallest absolute Gasteiger partial charge is 0.117 e. The molecule has 0 aromatic heterocycles. The second kappa shape index (κ2) is 5.11. The fraction of sp³-hybridized carbons (Fsp3) is 0.0714. The van der Waals surface area contributed by atoms with Gasteiger partial charge in [-0.1, -0.05) is 6.07 Å². The Labute approximate surface area is 114 Å². The maximum Gasteiger partial charge on any atom is 0.117 e. The van der Waals surface area contributed by atoms with Crippen molar-refractivity contribution in [3.63, 3.8) is 0 Å². The zero-order chi connectivity index (χ0) is 13.1. The van der Waals surface area contributed by atoms with Crippen LogP contribution in [0.3, 0.4) is 0 Å². The van der Waals surface area contributed by atoms with E-state index in [0.717, 1.165) is 15.8 Å². The minimum absolute atomic E-state index is 0.226. The molecular formula is C14H11BrN2O. The summed E-state index contributed by atoms with van der Waals surface area (Å²) in [7, 11) is 1.90. The van der Waals surface area contributed by atoms with E-state index in [2.05, 4.69) is 22.0 Å². The van der Waals surface area contributed by atoms with Gasteiger partial charge in [-0.25, -0.2) is 0 Å².